The van der Waals surface area contributed by atoms with Crippen LogP contribution in [-0.4, -0.2) is 42.3 Å². The first kappa shape index (κ1) is 19.4. The molecule has 2 fully saturated rings. The van der Waals surface area contributed by atoms with E-state index in [1.807, 2.05) is 0 Å². The summed E-state index contributed by atoms with van der Waals surface area (Å²) in [6.07, 6.45) is 0.0360. The zero-order valence-electron chi connectivity index (χ0n) is 14.6. The molecule has 0 aliphatic carbocycles. The Kier molecular flexibility index (Phi) is 5.20. The van der Waals surface area contributed by atoms with E-state index < -0.39 is 9.84 Å². The van der Waals surface area contributed by atoms with Crippen LogP contribution >= 0.6 is 23.4 Å². The van der Waals surface area contributed by atoms with Gasteiger partial charge < -0.3 is 4.90 Å². The van der Waals surface area contributed by atoms with Gasteiger partial charge in [0.15, 0.2) is 15.0 Å². The van der Waals surface area contributed by atoms with Gasteiger partial charge in [0.2, 0.25) is 0 Å². The highest BCUT2D eigenvalue weighted by Gasteiger charge is 2.49. The van der Waals surface area contributed by atoms with Crippen molar-refractivity contribution in [2.24, 2.45) is 4.99 Å². The highest BCUT2D eigenvalue weighted by Crippen LogP contribution is 2.42. The Morgan fingerprint density at radius 3 is 2.61 bits per heavy atom. The zero-order valence-corrected chi connectivity index (χ0v) is 17.0. The third-order valence-electron chi connectivity index (χ3n) is 4.67. The second kappa shape index (κ2) is 7.50. The quantitative estimate of drug-likeness (QED) is 0.735. The van der Waals surface area contributed by atoms with Gasteiger partial charge in [-0.2, -0.15) is 4.99 Å². The Balaban J connectivity index is 1.65. The van der Waals surface area contributed by atoms with Crippen molar-refractivity contribution in [2.75, 3.05) is 16.4 Å². The van der Waals surface area contributed by atoms with Gasteiger partial charge in [-0.25, -0.2) is 12.8 Å². The van der Waals surface area contributed by atoms with Crippen LogP contribution in [0.2, 0.25) is 5.02 Å². The predicted octanol–water partition coefficient (Wildman–Crippen LogP) is 3.32. The Morgan fingerprint density at radius 1 is 1.18 bits per heavy atom. The fourth-order valence-corrected chi connectivity index (χ4v) is 7.57. The molecule has 4 rings (SSSR count). The lowest BCUT2D eigenvalue weighted by Crippen LogP contribution is -2.38. The van der Waals surface area contributed by atoms with Crippen molar-refractivity contribution in [1.29, 1.82) is 0 Å². The van der Waals surface area contributed by atoms with Crippen LogP contribution in [0.15, 0.2) is 53.5 Å². The number of amides is 1. The maximum Gasteiger partial charge on any atom is 0.252 e. The van der Waals surface area contributed by atoms with Gasteiger partial charge in [0, 0.05) is 5.25 Å². The van der Waals surface area contributed by atoms with Crippen LogP contribution in [0, 0.1) is 5.82 Å². The van der Waals surface area contributed by atoms with Crippen molar-refractivity contribution in [1.82, 2.24) is 0 Å². The van der Waals surface area contributed by atoms with E-state index in [0.717, 1.165) is 0 Å². The number of carbonyl (C=O) groups excluding carboxylic acids is 1. The lowest BCUT2D eigenvalue weighted by molar-refractivity contribution is -0.117. The van der Waals surface area contributed by atoms with E-state index in [0.29, 0.717) is 21.4 Å². The number of sulfone groups is 1. The van der Waals surface area contributed by atoms with Gasteiger partial charge in [-0.1, -0.05) is 47.6 Å². The van der Waals surface area contributed by atoms with Crippen LogP contribution in [0.5, 0.6) is 0 Å². The Bertz CT molecular complexity index is 1060. The molecule has 146 valence electrons. The highest BCUT2D eigenvalue weighted by molar-refractivity contribution is 8.16. The van der Waals surface area contributed by atoms with Crippen molar-refractivity contribution in [3.8, 4) is 0 Å². The number of anilines is 1. The van der Waals surface area contributed by atoms with E-state index in [2.05, 4.69) is 4.99 Å². The van der Waals surface area contributed by atoms with Crippen LogP contribution < -0.4 is 4.90 Å². The normalized spacial score (nSPS) is 24.5. The first-order chi connectivity index (χ1) is 13.3. The van der Waals surface area contributed by atoms with Crippen LogP contribution in [0.3, 0.4) is 0 Å². The van der Waals surface area contributed by atoms with Crippen LogP contribution in [0.4, 0.5) is 10.1 Å². The number of hydrogen-bond acceptors (Lipinski definition) is 4. The number of thioether (sulfide) groups is 1. The molecule has 9 heteroatoms. The van der Waals surface area contributed by atoms with E-state index in [1.165, 1.54) is 23.9 Å². The summed E-state index contributed by atoms with van der Waals surface area (Å²) in [6, 6.07) is 12.5. The molecule has 2 heterocycles. The van der Waals surface area contributed by atoms with Crippen molar-refractivity contribution in [2.45, 2.75) is 17.7 Å². The predicted molar refractivity (Wildman–Crippen MR) is 110 cm³/mol. The van der Waals surface area contributed by atoms with E-state index >= 15 is 0 Å². The van der Waals surface area contributed by atoms with Crippen LogP contribution in [-0.2, 0) is 21.1 Å². The van der Waals surface area contributed by atoms with Gasteiger partial charge in [-0.05, 0) is 29.8 Å². The molecular formula is C19H16ClFN2O3S2. The fourth-order valence-electron chi connectivity index (χ4n) is 3.42. The SMILES string of the molecule is O=C(Cc1ccc(F)cc1)N=C1S[C@H]2CS(=O)(=O)C[C@@H]2N1c1ccccc1Cl. The fraction of sp³-hybridized carbons (Fsp3) is 0.263. The molecule has 0 aromatic heterocycles. The molecule has 0 bridgehead atoms. The number of hydrogen-bond donors (Lipinski definition) is 0. The summed E-state index contributed by atoms with van der Waals surface area (Å²) in [6.45, 7) is 0. The smallest absolute Gasteiger partial charge is 0.252 e. The number of carbonyl (C=O) groups is 1. The third kappa shape index (κ3) is 3.94. The summed E-state index contributed by atoms with van der Waals surface area (Å²) in [7, 11) is -3.14. The minimum absolute atomic E-state index is 0.00105. The van der Waals surface area contributed by atoms with E-state index in [-0.39, 0.29) is 40.9 Å². The summed E-state index contributed by atoms with van der Waals surface area (Å²) in [5.74, 6) is -0.697. The minimum atomic E-state index is -3.14. The third-order valence-corrected chi connectivity index (χ3v) is 8.20. The number of halogens is 2. The first-order valence-electron chi connectivity index (χ1n) is 8.59. The van der Waals surface area contributed by atoms with Gasteiger partial charge in [0.1, 0.15) is 5.82 Å². The number of nitrogens with zero attached hydrogens (tertiary/aromatic N) is 2. The van der Waals surface area contributed by atoms with E-state index in [1.54, 1.807) is 41.3 Å². The molecule has 0 unspecified atom stereocenters. The zero-order chi connectivity index (χ0) is 19.9. The van der Waals surface area contributed by atoms with Gasteiger partial charge >= 0.3 is 0 Å². The molecule has 0 saturated carbocycles. The Hall–Kier alpha value is -1.90. The summed E-state index contributed by atoms with van der Waals surface area (Å²) in [4.78, 5) is 18.5. The number of rotatable bonds is 3. The summed E-state index contributed by atoms with van der Waals surface area (Å²) >= 11 is 7.63. The molecule has 0 spiro atoms. The largest absolute Gasteiger partial charge is 0.314 e. The first-order valence-corrected chi connectivity index (χ1v) is 11.7. The lowest BCUT2D eigenvalue weighted by Gasteiger charge is -2.25. The molecule has 28 heavy (non-hydrogen) atoms. The Morgan fingerprint density at radius 2 is 1.89 bits per heavy atom. The maximum absolute atomic E-state index is 13.0. The van der Waals surface area contributed by atoms with Crippen molar-refractivity contribution >= 4 is 50.0 Å². The number of fused-ring (bicyclic) bond motifs is 1. The molecule has 5 nitrogen and oxygen atoms in total. The Labute approximate surface area is 171 Å². The van der Waals surface area contributed by atoms with Gasteiger partial charge in [0.05, 0.1) is 34.7 Å². The number of aliphatic imine (C=N–C) groups is 1. The highest BCUT2D eigenvalue weighted by atomic mass is 35.5. The van der Waals surface area contributed by atoms with Gasteiger partial charge in [-0.3, -0.25) is 4.79 Å². The molecule has 2 aliphatic heterocycles. The molecule has 0 N–H and O–H groups in total. The average Bonchev–Trinajstić information content (AvgIpc) is 3.08. The number of benzene rings is 2. The molecule has 2 atom stereocenters. The van der Waals surface area contributed by atoms with Gasteiger partial charge in [-0.15, -0.1) is 0 Å². The molecule has 2 aromatic rings. The van der Waals surface area contributed by atoms with Gasteiger partial charge in [0.25, 0.3) is 5.91 Å². The maximum atomic E-state index is 13.0. The van der Waals surface area contributed by atoms with E-state index in [9.17, 15) is 17.6 Å². The second-order valence-corrected chi connectivity index (χ2v) is 10.5. The number of amidine groups is 1. The van der Waals surface area contributed by atoms with E-state index in [4.69, 9.17) is 11.6 Å². The van der Waals surface area contributed by atoms with Crippen LogP contribution in [0.25, 0.3) is 0 Å². The summed E-state index contributed by atoms with van der Waals surface area (Å²) < 4.78 is 37.2. The number of para-hydroxylation sites is 1. The van der Waals surface area contributed by atoms with Crippen molar-refractivity contribution < 1.29 is 17.6 Å². The molecule has 2 saturated heterocycles. The second-order valence-electron chi connectivity index (χ2n) is 6.71. The molecule has 2 aliphatic rings. The minimum Gasteiger partial charge on any atom is -0.314 e. The molecule has 0 radical (unpaired) electrons. The topological polar surface area (TPSA) is 66.8 Å². The van der Waals surface area contributed by atoms with Crippen molar-refractivity contribution in [3.63, 3.8) is 0 Å². The molecule has 1 amide bonds. The molecular weight excluding hydrogens is 423 g/mol. The summed E-state index contributed by atoms with van der Waals surface area (Å²) in [5, 5.41) is 0.718. The monoisotopic (exact) mass is 438 g/mol. The summed E-state index contributed by atoms with van der Waals surface area (Å²) in [5.41, 5.74) is 1.29. The standard InChI is InChI=1S/C19H16ClFN2O3S2/c20-14-3-1-2-4-15(14)23-16-10-28(25,26)11-17(16)27-19(23)22-18(24)9-12-5-7-13(21)8-6-12/h1-8,16-17H,9-11H2/t16-,17-/m0/s1. The van der Waals surface area contributed by atoms with Crippen LogP contribution in [0.1, 0.15) is 5.56 Å². The lowest BCUT2D eigenvalue weighted by atomic mass is 10.1. The van der Waals surface area contributed by atoms with Crippen molar-refractivity contribution in [3.05, 3.63) is 64.9 Å². The average molecular weight is 439 g/mol. The molecule has 2 aromatic carbocycles.